The molecular weight excluding hydrogens is 417 g/mol. The Balaban J connectivity index is 1.85. The molecule has 0 aliphatic carbocycles. The third kappa shape index (κ3) is 5.84. The van der Waals surface area contributed by atoms with Crippen LogP contribution in [-0.2, 0) is 4.79 Å². The van der Waals surface area contributed by atoms with Crippen LogP contribution >= 0.6 is 22.6 Å². The fraction of sp³-hybridized carbons (Fsp3) is 0.222. The minimum absolute atomic E-state index is 0.0872. The van der Waals surface area contributed by atoms with E-state index < -0.39 is 0 Å². The molecule has 0 aliphatic rings. The molecule has 0 saturated carbocycles. The normalized spacial score (nSPS) is 10.3. The van der Waals surface area contributed by atoms with E-state index in [1.165, 1.54) is 0 Å². The second kappa shape index (κ2) is 8.68. The first kappa shape index (κ1) is 18.3. The Morgan fingerprint density at radius 1 is 0.958 bits per heavy atom. The van der Waals surface area contributed by atoms with Crippen LogP contribution in [0.4, 0.5) is 11.4 Å². The summed E-state index contributed by atoms with van der Waals surface area (Å²) in [7, 11) is 0. The first-order valence-corrected chi connectivity index (χ1v) is 8.72. The number of benzene rings is 2. The van der Waals surface area contributed by atoms with Crippen molar-refractivity contribution in [1.82, 2.24) is 5.32 Å². The molecule has 0 fully saturated rings. The van der Waals surface area contributed by atoms with Gasteiger partial charge in [0.25, 0.3) is 5.91 Å². The van der Waals surface area contributed by atoms with Crippen LogP contribution < -0.4 is 16.0 Å². The minimum atomic E-state index is -0.145. The number of nitrogens with one attached hydrogen (secondary N) is 3. The van der Waals surface area contributed by atoms with Crippen molar-refractivity contribution in [3.8, 4) is 0 Å². The zero-order chi connectivity index (χ0) is 17.5. The van der Waals surface area contributed by atoms with E-state index in [0.29, 0.717) is 11.3 Å². The standard InChI is InChI=1S/C18H20IN3O2/c1-12(2)21-18(24)13-3-7-16(8-4-13)22-17(23)11-20-15-9-5-14(19)6-10-15/h3-10,12,20H,11H2,1-2H3,(H,21,24)(H,22,23). The number of hydrogen-bond acceptors (Lipinski definition) is 3. The lowest BCUT2D eigenvalue weighted by atomic mass is 10.2. The highest BCUT2D eigenvalue weighted by Gasteiger charge is 2.07. The number of carbonyl (C=O) groups excluding carboxylic acids is 2. The summed E-state index contributed by atoms with van der Waals surface area (Å²) in [4.78, 5) is 23.8. The first-order valence-electron chi connectivity index (χ1n) is 7.64. The lowest BCUT2D eigenvalue weighted by Crippen LogP contribution is -2.30. The number of carbonyl (C=O) groups is 2. The molecule has 0 spiro atoms. The van der Waals surface area contributed by atoms with Gasteiger partial charge in [0.05, 0.1) is 6.54 Å². The van der Waals surface area contributed by atoms with E-state index in [-0.39, 0.29) is 24.4 Å². The Labute approximate surface area is 155 Å². The topological polar surface area (TPSA) is 70.2 Å². The van der Waals surface area contributed by atoms with E-state index in [2.05, 4.69) is 38.5 Å². The Hall–Kier alpha value is -2.09. The Morgan fingerprint density at radius 3 is 2.12 bits per heavy atom. The van der Waals surface area contributed by atoms with Crippen LogP contribution in [0.2, 0.25) is 0 Å². The SMILES string of the molecule is CC(C)NC(=O)c1ccc(NC(=O)CNc2ccc(I)cc2)cc1. The molecule has 0 saturated heterocycles. The lowest BCUT2D eigenvalue weighted by Gasteiger charge is -2.10. The zero-order valence-corrected chi connectivity index (χ0v) is 15.8. The zero-order valence-electron chi connectivity index (χ0n) is 13.6. The molecule has 2 amide bonds. The second-order valence-corrected chi connectivity index (χ2v) is 6.86. The average molecular weight is 437 g/mol. The summed E-state index contributed by atoms with van der Waals surface area (Å²) in [6, 6.07) is 14.7. The van der Waals surface area contributed by atoms with Gasteiger partial charge in [0.1, 0.15) is 0 Å². The smallest absolute Gasteiger partial charge is 0.251 e. The van der Waals surface area contributed by atoms with Crippen molar-refractivity contribution in [2.45, 2.75) is 19.9 Å². The van der Waals surface area contributed by atoms with Gasteiger partial charge in [0, 0.05) is 26.6 Å². The number of amides is 2. The van der Waals surface area contributed by atoms with Gasteiger partial charge in [0.15, 0.2) is 0 Å². The Kier molecular flexibility index (Phi) is 6.60. The third-order valence-corrected chi connectivity index (χ3v) is 3.87. The summed E-state index contributed by atoms with van der Waals surface area (Å²) >= 11 is 2.23. The molecule has 3 N–H and O–H groups in total. The fourth-order valence-corrected chi connectivity index (χ4v) is 2.37. The van der Waals surface area contributed by atoms with E-state index in [1.807, 2.05) is 38.1 Å². The van der Waals surface area contributed by atoms with Crippen LogP contribution in [0.3, 0.4) is 0 Å². The number of hydrogen-bond donors (Lipinski definition) is 3. The molecule has 0 atom stereocenters. The van der Waals surface area contributed by atoms with Gasteiger partial charge in [0.2, 0.25) is 5.91 Å². The second-order valence-electron chi connectivity index (χ2n) is 5.61. The van der Waals surface area contributed by atoms with Crippen molar-refractivity contribution in [2.75, 3.05) is 17.2 Å². The van der Waals surface area contributed by atoms with Crippen molar-refractivity contribution < 1.29 is 9.59 Å². The molecule has 0 unspecified atom stereocenters. The van der Waals surface area contributed by atoms with E-state index in [1.54, 1.807) is 24.3 Å². The number of rotatable bonds is 6. The predicted molar refractivity (Wildman–Crippen MR) is 105 cm³/mol. The third-order valence-electron chi connectivity index (χ3n) is 3.15. The summed E-state index contributed by atoms with van der Waals surface area (Å²) in [5.41, 5.74) is 2.12. The molecule has 6 heteroatoms. The van der Waals surface area contributed by atoms with Gasteiger partial charge < -0.3 is 16.0 Å². The van der Waals surface area contributed by atoms with Crippen LogP contribution in [0.1, 0.15) is 24.2 Å². The van der Waals surface area contributed by atoms with Gasteiger partial charge in [-0.15, -0.1) is 0 Å². The maximum atomic E-state index is 12.0. The molecule has 24 heavy (non-hydrogen) atoms. The first-order chi connectivity index (χ1) is 11.4. The van der Waals surface area contributed by atoms with Crippen LogP contribution in [0.15, 0.2) is 48.5 Å². The predicted octanol–water partition coefficient (Wildman–Crippen LogP) is 3.48. The van der Waals surface area contributed by atoms with Gasteiger partial charge >= 0.3 is 0 Å². The van der Waals surface area contributed by atoms with Crippen LogP contribution in [0.5, 0.6) is 0 Å². The largest absolute Gasteiger partial charge is 0.376 e. The average Bonchev–Trinajstić information content (AvgIpc) is 2.54. The quantitative estimate of drug-likeness (QED) is 0.607. The Morgan fingerprint density at radius 2 is 1.54 bits per heavy atom. The van der Waals surface area contributed by atoms with Gasteiger partial charge in [-0.05, 0) is 85.0 Å². The van der Waals surface area contributed by atoms with Gasteiger partial charge in [-0.25, -0.2) is 0 Å². The van der Waals surface area contributed by atoms with Crippen molar-refractivity contribution in [1.29, 1.82) is 0 Å². The molecule has 2 aromatic rings. The molecule has 0 radical (unpaired) electrons. The fourth-order valence-electron chi connectivity index (χ4n) is 2.01. The summed E-state index contributed by atoms with van der Waals surface area (Å²) in [5, 5.41) is 8.68. The number of halogens is 1. The maximum absolute atomic E-state index is 12.0. The summed E-state index contributed by atoms with van der Waals surface area (Å²) in [5.74, 6) is -0.267. The molecule has 2 aromatic carbocycles. The molecule has 0 aliphatic heterocycles. The van der Waals surface area contributed by atoms with E-state index >= 15 is 0 Å². The summed E-state index contributed by atoms with van der Waals surface area (Å²) in [6.45, 7) is 4.00. The number of anilines is 2. The highest BCUT2D eigenvalue weighted by atomic mass is 127. The van der Waals surface area contributed by atoms with Gasteiger partial charge in [-0.2, -0.15) is 0 Å². The summed E-state index contributed by atoms with van der Waals surface area (Å²) in [6.07, 6.45) is 0. The molecule has 0 bridgehead atoms. The van der Waals surface area contributed by atoms with Crippen molar-refractivity contribution in [3.63, 3.8) is 0 Å². The molecule has 0 heterocycles. The highest BCUT2D eigenvalue weighted by Crippen LogP contribution is 2.12. The van der Waals surface area contributed by atoms with Gasteiger partial charge in [-0.1, -0.05) is 0 Å². The van der Waals surface area contributed by atoms with E-state index in [0.717, 1.165) is 9.26 Å². The minimum Gasteiger partial charge on any atom is -0.376 e. The molecule has 2 rings (SSSR count). The monoisotopic (exact) mass is 437 g/mol. The van der Waals surface area contributed by atoms with E-state index in [9.17, 15) is 9.59 Å². The Bertz CT molecular complexity index is 697. The maximum Gasteiger partial charge on any atom is 0.251 e. The summed E-state index contributed by atoms with van der Waals surface area (Å²) < 4.78 is 1.14. The molecule has 0 aromatic heterocycles. The van der Waals surface area contributed by atoms with E-state index in [4.69, 9.17) is 0 Å². The van der Waals surface area contributed by atoms with Crippen LogP contribution in [0.25, 0.3) is 0 Å². The van der Waals surface area contributed by atoms with Crippen molar-refractivity contribution in [3.05, 3.63) is 57.7 Å². The van der Waals surface area contributed by atoms with Crippen molar-refractivity contribution in [2.24, 2.45) is 0 Å². The molecule has 5 nitrogen and oxygen atoms in total. The molecule has 126 valence electrons. The molecular formula is C18H20IN3O2. The van der Waals surface area contributed by atoms with Crippen LogP contribution in [0, 0.1) is 3.57 Å². The highest BCUT2D eigenvalue weighted by molar-refractivity contribution is 14.1. The van der Waals surface area contributed by atoms with Crippen LogP contribution in [-0.4, -0.2) is 24.4 Å². The lowest BCUT2D eigenvalue weighted by molar-refractivity contribution is -0.114. The van der Waals surface area contributed by atoms with Gasteiger partial charge in [-0.3, -0.25) is 9.59 Å². The van der Waals surface area contributed by atoms with Crippen molar-refractivity contribution >= 4 is 45.8 Å².